The Bertz CT molecular complexity index is 1070. The van der Waals surface area contributed by atoms with Gasteiger partial charge in [-0.2, -0.15) is 5.26 Å². The van der Waals surface area contributed by atoms with Crippen LogP contribution >= 0.6 is 27.3 Å². The molecule has 0 aliphatic heterocycles. The zero-order valence-electron chi connectivity index (χ0n) is 16.2. The Morgan fingerprint density at radius 2 is 2.00 bits per heavy atom. The van der Waals surface area contributed by atoms with Crippen molar-refractivity contribution >= 4 is 39.2 Å². The fourth-order valence-electron chi connectivity index (χ4n) is 2.63. The lowest BCUT2D eigenvalue weighted by Gasteiger charge is -2.12. The first-order chi connectivity index (χ1) is 14.6. The molecule has 3 aromatic rings. The van der Waals surface area contributed by atoms with E-state index in [0.717, 1.165) is 14.9 Å². The zero-order chi connectivity index (χ0) is 21.3. The zero-order valence-corrected chi connectivity index (χ0v) is 18.6. The maximum absolute atomic E-state index is 12.3. The summed E-state index contributed by atoms with van der Waals surface area (Å²) in [6.07, 6.45) is 1.53. The molecule has 5 nitrogen and oxygen atoms in total. The molecule has 1 amide bonds. The molecule has 0 saturated heterocycles. The highest BCUT2D eigenvalue weighted by Crippen LogP contribution is 2.30. The third kappa shape index (κ3) is 5.96. The number of thiophene rings is 1. The molecule has 0 aliphatic carbocycles. The van der Waals surface area contributed by atoms with Crippen LogP contribution < -0.4 is 14.8 Å². The van der Waals surface area contributed by atoms with Crippen molar-refractivity contribution in [3.05, 3.63) is 86.0 Å². The fraction of sp³-hybridized carbons (Fsp3) is 0.130. The maximum atomic E-state index is 12.3. The second kappa shape index (κ2) is 10.6. The van der Waals surface area contributed by atoms with Crippen LogP contribution in [0.3, 0.4) is 0 Å². The Balaban J connectivity index is 1.69. The number of hydrogen-bond acceptors (Lipinski definition) is 5. The summed E-state index contributed by atoms with van der Waals surface area (Å²) in [6.45, 7) is 0.787. The minimum Gasteiger partial charge on any atom is -0.493 e. The first kappa shape index (κ1) is 21.6. The van der Waals surface area contributed by atoms with Gasteiger partial charge in [-0.3, -0.25) is 4.79 Å². The van der Waals surface area contributed by atoms with Crippen LogP contribution in [0.1, 0.15) is 16.0 Å². The van der Waals surface area contributed by atoms with Gasteiger partial charge in [0.05, 0.1) is 13.7 Å². The molecule has 30 heavy (non-hydrogen) atoms. The summed E-state index contributed by atoms with van der Waals surface area (Å²) in [5.74, 6) is 0.691. The number of rotatable bonds is 8. The highest BCUT2D eigenvalue weighted by Gasteiger charge is 2.11. The topological polar surface area (TPSA) is 71.3 Å². The first-order valence-electron chi connectivity index (χ1n) is 9.06. The number of nitrogens with zero attached hydrogens (tertiary/aromatic N) is 1. The molecule has 3 rings (SSSR count). The fourth-order valence-corrected chi connectivity index (χ4v) is 3.53. The van der Waals surface area contributed by atoms with E-state index < -0.39 is 5.91 Å². The summed E-state index contributed by atoms with van der Waals surface area (Å²) in [5, 5.41) is 14.1. The predicted octanol–water partition coefficient (Wildman–Crippen LogP) is 5.32. The van der Waals surface area contributed by atoms with Crippen molar-refractivity contribution in [3.8, 4) is 17.6 Å². The molecule has 152 valence electrons. The number of hydrogen-bond donors (Lipinski definition) is 1. The van der Waals surface area contributed by atoms with Gasteiger partial charge in [0, 0.05) is 9.35 Å². The van der Waals surface area contributed by atoms with Gasteiger partial charge >= 0.3 is 0 Å². The number of carbonyl (C=O) groups is 1. The SMILES string of the molecule is COc1cc(/C=C(\C#N)C(=O)NCc2cccs2)ccc1OCc1ccc(Br)cc1. The highest BCUT2D eigenvalue weighted by atomic mass is 79.9. The molecule has 0 bridgehead atoms. The van der Waals surface area contributed by atoms with Crippen LogP contribution in [0.5, 0.6) is 11.5 Å². The highest BCUT2D eigenvalue weighted by molar-refractivity contribution is 9.10. The van der Waals surface area contributed by atoms with Gasteiger partial charge in [0.25, 0.3) is 5.91 Å². The minimum absolute atomic E-state index is 0.0251. The van der Waals surface area contributed by atoms with Crippen LogP contribution in [0.2, 0.25) is 0 Å². The molecule has 0 aliphatic rings. The van der Waals surface area contributed by atoms with Gasteiger partial charge in [0.1, 0.15) is 18.2 Å². The molecule has 0 radical (unpaired) electrons. The summed E-state index contributed by atoms with van der Waals surface area (Å²) in [5.41, 5.74) is 1.72. The van der Waals surface area contributed by atoms with Crippen LogP contribution in [0, 0.1) is 11.3 Å². The van der Waals surface area contributed by atoms with E-state index in [1.165, 1.54) is 6.08 Å². The van der Waals surface area contributed by atoms with Crippen molar-refractivity contribution < 1.29 is 14.3 Å². The molecule has 1 aromatic heterocycles. The minimum atomic E-state index is -0.416. The molecule has 0 fully saturated rings. The molecule has 1 heterocycles. The number of nitriles is 1. The normalized spacial score (nSPS) is 10.9. The molecule has 0 spiro atoms. The maximum Gasteiger partial charge on any atom is 0.262 e. The summed E-state index contributed by atoms with van der Waals surface area (Å²) in [6, 6.07) is 18.9. The number of halogens is 1. The predicted molar refractivity (Wildman–Crippen MR) is 121 cm³/mol. The largest absolute Gasteiger partial charge is 0.493 e. The van der Waals surface area contributed by atoms with Crippen LogP contribution in [0.15, 0.2) is 70.0 Å². The van der Waals surface area contributed by atoms with E-state index in [1.807, 2.05) is 47.8 Å². The number of ether oxygens (including phenoxy) is 2. The summed E-state index contributed by atoms with van der Waals surface area (Å²) in [4.78, 5) is 13.3. The molecule has 7 heteroatoms. The van der Waals surface area contributed by atoms with Gasteiger partial charge in [0.2, 0.25) is 0 Å². The lowest BCUT2D eigenvalue weighted by molar-refractivity contribution is -0.117. The van der Waals surface area contributed by atoms with Gasteiger partial charge in [-0.05, 0) is 52.9 Å². The van der Waals surface area contributed by atoms with Crippen LogP contribution in [0.4, 0.5) is 0 Å². The van der Waals surface area contributed by atoms with E-state index in [9.17, 15) is 10.1 Å². The van der Waals surface area contributed by atoms with Crippen molar-refractivity contribution in [1.82, 2.24) is 5.32 Å². The van der Waals surface area contributed by atoms with Crippen LogP contribution in [-0.4, -0.2) is 13.0 Å². The first-order valence-corrected chi connectivity index (χ1v) is 10.7. The number of methoxy groups -OCH3 is 1. The number of nitrogens with one attached hydrogen (secondary N) is 1. The van der Waals surface area contributed by atoms with Crippen molar-refractivity contribution in [3.63, 3.8) is 0 Å². The third-order valence-electron chi connectivity index (χ3n) is 4.17. The summed E-state index contributed by atoms with van der Waals surface area (Å²) < 4.78 is 12.3. The van der Waals surface area contributed by atoms with Crippen molar-refractivity contribution in [2.24, 2.45) is 0 Å². The number of benzene rings is 2. The summed E-state index contributed by atoms with van der Waals surface area (Å²) >= 11 is 4.96. The van der Waals surface area contributed by atoms with E-state index >= 15 is 0 Å². The molecule has 2 aromatic carbocycles. The number of amides is 1. The van der Waals surface area contributed by atoms with E-state index in [0.29, 0.717) is 30.2 Å². The van der Waals surface area contributed by atoms with Crippen molar-refractivity contribution in [2.75, 3.05) is 7.11 Å². The Morgan fingerprint density at radius 3 is 2.67 bits per heavy atom. The van der Waals surface area contributed by atoms with Crippen molar-refractivity contribution in [2.45, 2.75) is 13.2 Å². The van der Waals surface area contributed by atoms with E-state index in [1.54, 1.807) is 36.6 Å². The molecular weight excluding hydrogens is 464 g/mol. The summed E-state index contributed by atoms with van der Waals surface area (Å²) in [7, 11) is 1.55. The Hall–Kier alpha value is -3.08. The third-order valence-corrected chi connectivity index (χ3v) is 5.58. The Labute approximate surface area is 187 Å². The quantitative estimate of drug-likeness (QED) is 0.348. The second-order valence-electron chi connectivity index (χ2n) is 6.26. The second-order valence-corrected chi connectivity index (χ2v) is 8.21. The average molecular weight is 483 g/mol. The molecule has 0 atom stereocenters. The Kier molecular flexibility index (Phi) is 7.66. The van der Waals surface area contributed by atoms with E-state index in [-0.39, 0.29) is 5.57 Å². The lowest BCUT2D eigenvalue weighted by Crippen LogP contribution is -2.23. The van der Waals surface area contributed by atoms with Gasteiger partial charge in [-0.15, -0.1) is 11.3 Å². The molecular formula is C23H19BrN2O3S. The van der Waals surface area contributed by atoms with Gasteiger partial charge < -0.3 is 14.8 Å². The van der Waals surface area contributed by atoms with Gasteiger partial charge in [-0.25, -0.2) is 0 Å². The molecule has 0 unspecified atom stereocenters. The van der Waals surface area contributed by atoms with Gasteiger partial charge in [-0.1, -0.05) is 40.2 Å². The lowest BCUT2D eigenvalue weighted by atomic mass is 10.1. The van der Waals surface area contributed by atoms with Crippen molar-refractivity contribution in [1.29, 1.82) is 5.26 Å². The van der Waals surface area contributed by atoms with E-state index in [2.05, 4.69) is 21.2 Å². The molecule has 0 saturated carbocycles. The smallest absolute Gasteiger partial charge is 0.262 e. The van der Waals surface area contributed by atoms with Crippen LogP contribution in [0.25, 0.3) is 6.08 Å². The number of carbonyl (C=O) groups excluding carboxylic acids is 1. The van der Waals surface area contributed by atoms with E-state index in [4.69, 9.17) is 9.47 Å². The monoisotopic (exact) mass is 482 g/mol. The average Bonchev–Trinajstić information content (AvgIpc) is 3.29. The van der Waals surface area contributed by atoms with Gasteiger partial charge in [0.15, 0.2) is 11.5 Å². The molecule has 1 N–H and O–H groups in total. The Morgan fingerprint density at radius 1 is 1.20 bits per heavy atom. The standard InChI is InChI=1S/C23H19BrN2O3S/c1-28-22-12-17(6-9-21(22)29-15-16-4-7-19(24)8-5-16)11-18(13-25)23(27)26-14-20-3-2-10-30-20/h2-12H,14-15H2,1H3,(H,26,27)/b18-11+. The van der Waals surface area contributed by atoms with Crippen LogP contribution in [-0.2, 0) is 17.9 Å².